The highest BCUT2D eigenvalue weighted by atomic mass is 32.1. The Kier molecular flexibility index (Phi) is 2.31. The lowest BCUT2D eigenvalue weighted by Crippen LogP contribution is -1.98. The number of hydrogen-bond donors (Lipinski definition) is 2. The summed E-state index contributed by atoms with van der Waals surface area (Å²) in [5.74, 6) is 0.684. The zero-order chi connectivity index (χ0) is 10.1. The molecule has 2 aromatic rings. The van der Waals surface area contributed by atoms with Crippen molar-refractivity contribution >= 4 is 27.1 Å². The SMILES string of the molecule is COc1c(CO)c(N)cc2sccc12. The van der Waals surface area contributed by atoms with E-state index in [-0.39, 0.29) is 6.61 Å². The molecule has 0 aliphatic heterocycles. The number of methoxy groups -OCH3 is 1. The molecule has 2 rings (SSSR count). The van der Waals surface area contributed by atoms with Gasteiger partial charge in [-0.05, 0) is 17.5 Å². The molecule has 3 nitrogen and oxygen atoms in total. The van der Waals surface area contributed by atoms with Crippen molar-refractivity contribution in [3.8, 4) is 5.75 Å². The molecule has 14 heavy (non-hydrogen) atoms. The summed E-state index contributed by atoms with van der Waals surface area (Å²) in [6.45, 7) is -0.0964. The molecule has 0 saturated heterocycles. The predicted octanol–water partition coefficient (Wildman–Crippen LogP) is 1.98. The van der Waals surface area contributed by atoms with Gasteiger partial charge in [-0.15, -0.1) is 11.3 Å². The number of aliphatic hydroxyl groups is 1. The molecule has 0 unspecified atom stereocenters. The van der Waals surface area contributed by atoms with Gasteiger partial charge in [-0.25, -0.2) is 0 Å². The van der Waals surface area contributed by atoms with Gasteiger partial charge in [0.25, 0.3) is 0 Å². The number of anilines is 1. The van der Waals surface area contributed by atoms with E-state index in [1.807, 2.05) is 17.5 Å². The van der Waals surface area contributed by atoms with E-state index >= 15 is 0 Å². The predicted molar refractivity (Wildman–Crippen MR) is 58.7 cm³/mol. The van der Waals surface area contributed by atoms with Crippen LogP contribution in [-0.4, -0.2) is 12.2 Å². The van der Waals surface area contributed by atoms with Crippen molar-refractivity contribution in [2.24, 2.45) is 0 Å². The van der Waals surface area contributed by atoms with E-state index < -0.39 is 0 Å². The van der Waals surface area contributed by atoms with Crippen LogP contribution in [0.1, 0.15) is 5.56 Å². The molecule has 0 fully saturated rings. The molecule has 0 bridgehead atoms. The molecule has 3 N–H and O–H groups in total. The van der Waals surface area contributed by atoms with Gasteiger partial charge in [-0.3, -0.25) is 0 Å². The second kappa shape index (κ2) is 3.48. The van der Waals surface area contributed by atoms with Crippen LogP contribution < -0.4 is 10.5 Å². The Bertz CT molecular complexity index is 464. The van der Waals surface area contributed by atoms with Gasteiger partial charge in [0.05, 0.1) is 13.7 Å². The van der Waals surface area contributed by atoms with E-state index in [0.29, 0.717) is 17.0 Å². The quantitative estimate of drug-likeness (QED) is 0.744. The van der Waals surface area contributed by atoms with Crippen molar-refractivity contribution in [2.75, 3.05) is 12.8 Å². The van der Waals surface area contributed by atoms with Crippen LogP contribution in [0, 0.1) is 0 Å². The highest BCUT2D eigenvalue weighted by molar-refractivity contribution is 7.17. The van der Waals surface area contributed by atoms with Crippen LogP contribution in [0.3, 0.4) is 0 Å². The van der Waals surface area contributed by atoms with Crippen LogP contribution in [0.25, 0.3) is 10.1 Å². The molecule has 0 radical (unpaired) electrons. The van der Waals surface area contributed by atoms with Crippen LogP contribution in [-0.2, 0) is 6.61 Å². The summed E-state index contributed by atoms with van der Waals surface area (Å²) in [6.07, 6.45) is 0. The van der Waals surface area contributed by atoms with Crippen LogP contribution >= 0.6 is 11.3 Å². The van der Waals surface area contributed by atoms with Crippen molar-refractivity contribution in [1.29, 1.82) is 0 Å². The number of nitrogens with two attached hydrogens (primary N) is 1. The van der Waals surface area contributed by atoms with Gasteiger partial charge in [0.15, 0.2) is 0 Å². The number of rotatable bonds is 2. The fraction of sp³-hybridized carbons (Fsp3) is 0.200. The first kappa shape index (κ1) is 9.30. The Labute approximate surface area is 85.7 Å². The van der Waals surface area contributed by atoms with Crippen molar-refractivity contribution in [3.63, 3.8) is 0 Å². The topological polar surface area (TPSA) is 55.5 Å². The maximum atomic E-state index is 9.17. The first-order valence-electron chi connectivity index (χ1n) is 4.21. The van der Waals surface area contributed by atoms with Crippen molar-refractivity contribution in [2.45, 2.75) is 6.61 Å². The van der Waals surface area contributed by atoms with Crippen LogP contribution in [0.2, 0.25) is 0 Å². The normalized spacial score (nSPS) is 10.7. The molecule has 1 aromatic carbocycles. The third kappa shape index (κ3) is 1.23. The monoisotopic (exact) mass is 209 g/mol. The Morgan fingerprint density at radius 3 is 3.00 bits per heavy atom. The number of thiophene rings is 1. The van der Waals surface area contributed by atoms with E-state index in [1.54, 1.807) is 18.4 Å². The number of aliphatic hydroxyl groups excluding tert-OH is 1. The smallest absolute Gasteiger partial charge is 0.135 e. The number of benzene rings is 1. The Hall–Kier alpha value is -1.26. The summed E-state index contributed by atoms with van der Waals surface area (Å²) in [4.78, 5) is 0. The highest BCUT2D eigenvalue weighted by Gasteiger charge is 2.11. The van der Waals surface area contributed by atoms with Gasteiger partial charge in [0, 0.05) is 21.3 Å². The maximum Gasteiger partial charge on any atom is 0.135 e. The minimum atomic E-state index is -0.0964. The number of hydrogen-bond acceptors (Lipinski definition) is 4. The molecule has 0 amide bonds. The molecule has 1 heterocycles. The minimum absolute atomic E-state index is 0.0964. The molecule has 0 aliphatic carbocycles. The number of nitrogen functional groups attached to an aromatic ring is 1. The maximum absolute atomic E-state index is 9.17. The second-order valence-electron chi connectivity index (χ2n) is 2.97. The third-order valence-corrected chi connectivity index (χ3v) is 3.08. The van der Waals surface area contributed by atoms with E-state index in [1.165, 1.54) is 0 Å². The molecule has 74 valence electrons. The van der Waals surface area contributed by atoms with Crippen LogP contribution in [0.5, 0.6) is 5.75 Å². The van der Waals surface area contributed by atoms with Gasteiger partial charge in [-0.1, -0.05) is 0 Å². The standard InChI is InChI=1S/C10H11NO2S/c1-13-10-6-2-3-14-9(6)4-8(11)7(10)5-12/h2-4,12H,5,11H2,1H3. The van der Waals surface area contributed by atoms with E-state index in [9.17, 15) is 5.11 Å². The van der Waals surface area contributed by atoms with E-state index in [4.69, 9.17) is 10.5 Å². The third-order valence-electron chi connectivity index (χ3n) is 2.21. The molecule has 0 atom stereocenters. The first-order chi connectivity index (χ1) is 6.77. The van der Waals surface area contributed by atoms with Gasteiger partial charge in [0.2, 0.25) is 0 Å². The van der Waals surface area contributed by atoms with E-state index in [0.717, 1.165) is 10.1 Å². The van der Waals surface area contributed by atoms with Crippen LogP contribution in [0.15, 0.2) is 17.5 Å². The average Bonchev–Trinajstić information content (AvgIpc) is 2.62. The molecule has 0 saturated carbocycles. The summed E-state index contributed by atoms with van der Waals surface area (Å²) in [5.41, 5.74) is 7.05. The lowest BCUT2D eigenvalue weighted by atomic mass is 10.1. The summed E-state index contributed by atoms with van der Waals surface area (Å²) >= 11 is 1.61. The summed E-state index contributed by atoms with van der Waals surface area (Å²) in [5, 5.41) is 12.2. The molecule has 1 aromatic heterocycles. The lowest BCUT2D eigenvalue weighted by Gasteiger charge is -2.10. The Balaban J connectivity index is 2.82. The molecule has 0 aliphatic rings. The molecular formula is C10H11NO2S. The lowest BCUT2D eigenvalue weighted by molar-refractivity contribution is 0.275. The summed E-state index contributed by atoms with van der Waals surface area (Å²) in [6, 6.07) is 3.84. The van der Waals surface area contributed by atoms with Crippen molar-refractivity contribution in [3.05, 3.63) is 23.1 Å². The first-order valence-corrected chi connectivity index (χ1v) is 5.09. The number of ether oxygens (including phenoxy) is 1. The fourth-order valence-electron chi connectivity index (χ4n) is 1.54. The largest absolute Gasteiger partial charge is 0.496 e. The van der Waals surface area contributed by atoms with E-state index in [2.05, 4.69) is 0 Å². The minimum Gasteiger partial charge on any atom is -0.496 e. The van der Waals surface area contributed by atoms with Gasteiger partial charge in [0.1, 0.15) is 5.75 Å². The molecule has 0 spiro atoms. The fourth-order valence-corrected chi connectivity index (χ4v) is 2.37. The van der Waals surface area contributed by atoms with Gasteiger partial charge in [-0.2, -0.15) is 0 Å². The highest BCUT2D eigenvalue weighted by Crippen LogP contribution is 2.36. The summed E-state index contributed by atoms with van der Waals surface area (Å²) in [7, 11) is 1.59. The van der Waals surface area contributed by atoms with Gasteiger partial charge < -0.3 is 15.6 Å². The van der Waals surface area contributed by atoms with Crippen molar-refractivity contribution < 1.29 is 9.84 Å². The number of fused-ring (bicyclic) bond motifs is 1. The Morgan fingerprint density at radius 2 is 2.36 bits per heavy atom. The zero-order valence-corrected chi connectivity index (χ0v) is 8.60. The Morgan fingerprint density at radius 1 is 1.57 bits per heavy atom. The zero-order valence-electron chi connectivity index (χ0n) is 7.78. The van der Waals surface area contributed by atoms with Crippen LogP contribution in [0.4, 0.5) is 5.69 Å². The molecular weight excluding hydrogens is 198 g/mol. The average molecular weight is 209 g/mol. The second-order valence-corrected chi connectivity index (χ2v) is 3.92. The van der Waals surface area contributed by atoms with Crippen molar-refractivity contribution in [1.82, 2.24) is 0 Å². The summed E-state index contributed by atoms with van der Waals surface area (Å²) < 4.78 is 6.34. The van der Waals surface area contributed by atoms with Gasteiger partial charge >= 0.3 is 0 Å². The molecule has 4 heteroatoms.